The molecule has 1 aliphatic heterocycles. The summed E-state index contributed by atoms with van der Waals surface area (Å²) in [4.78, 5) is 15.3. The first kappa shape index (κ1) is 24.6. The van der Waals surface area contributed by atoms with Crippen LogP contribution in [0.5, 0.6) is 11.5 Å². The van der Waals surface area contributed by atoms with Crippen molar-refractivity contribution in [3.05, 3.63) is 83.9 Å². The third-order valence-electron chi connectivity index (χ3n) is 6.43. The van der Waals surface area contributed by atoms with E-state index in [2.05, 4.69) is 0 Å². The number of rotatable bonds is 8. The summed E-state index contributed by atoms with van der Waals surface area (Å²) in [6.07, 6.45) is 2.62. The molecule has 1 saturated heterocycles. The van der Waals surface area contributed by atoms with E-state index in [0.29, 0.717) is 23.5 Å². The minimum Gasteiger partial charge on any atom is -0.497 e. The molecule has 0 bridgehead atoms. The summed E-state index contributed by atoms with van der Waals surface area (Å²) in [5.74, 6) is 1.17. The van der Waals surface area contributed by atoms with E-state index >= 15 is 0 Å². The molecule has 0 aliphatic carbocycles. The fraction of sp³-hybridized carbons (Fsp3) is 0.296. The fourth-order valence-electron chi connectivity index (χ4n) is 4.50. The molecule has 3 aromatic carbocycles. The highest BCUT2D eigenvalue weighted by molar-refractivity contribution is 7.92. The van der Waals surface area contributed by atoms with E-state index in [1.54, 1.807) is 43.5 Å². The van der Waals surface area contributed by atoms with Crippen LogP contribution in [0.15, 0.2) is 77.7 Å². The van der Waals surface area contributed by atoms with Crippen molar-refractivity contribution >= 4 is 21.6 Å². The predicted molar refractivity (Wildman–Crippen MR) is 136 cm³/mol. The van der Waals surface area contributed by atoms with Crippen molar-refractivity contribution in [3.63, 3.8) is 0 Å². The first-order valence-electron chi connectivity index (χ1n) is 11.5. The summed E-state index contributed by atoms with van der Waals surface area (Å²) in [7, 11) is 0.799. The second-order valence-corrected chi connectivity index (χ2v) is 10.5. The molecule has 7 nitrogen and oxygen atoms in total. The van der Waals surface area contributed by atoms with Gasteiger partial charge in [0, 0.05) is 25.2 Å². The fourth-order valence-corrected chi connectivity index (χ4v) is 5.71. The minimum atomic E-state index is -3.83. The van der Waals surface area contributed by atoms with Crippen molar-refractivity contribution in [3.8, 4) is 11.5 Å². The molecule has 1 aliphatic rings. The van der Waals surface area contributed by atoms with E-state index in [4.69, 9.17) is 9.47 Å². The summed E-state index contributed by atoms with van der Waals surface area (Å²) in [6.45, 7) is 0.685. The van der Waals surface area contributed by atoms with E-state index in [1.165, 1.54) is 30.6 Å². The molecule has 0 radical (unpaired) electrons. The summed E-state index contributed by atoms with van der Waals surface area (Å²) in [5, 5.41) is 0. The molecular weight excluding hydrogens is 464 g/mol. The number of sulfonamides is 1. The second-order valence-electron chi connectivity index (χ2n) is 8.52. The Morgan fingerprint density at radius 2 is 1.74 bits per heavy atom. The second kappa shape index (κ2) is 10.4. The maximum atomic E-state index is 13.3. The molecule has 0 spiro atoms. The van der Waals surface area contributed by atoms with Crippen LogP contribution in [0, 0.1) is 0 Å². The van der Waals surface area contributed by atoms with Crippen molar-refractivity contribution in [2.45, 2.75) is 30.2 Å². The average Bonchev–Trinajstić information content (AvgIpc) is 3.35. The van der Waals surface area contributed by atoms with Gasteiger partial charge < -0.3 is 14.4 Å². The van der Waals surface area contributed by atoms with E-state index in [9.17, 15) is 13.2 Å². The van der Waals surface area contributed by atoms with E-state index in [0.717, 1.165) is 30.6 Å². The van der Waals surface area contributed by atoms with Gasteiger partial charge in [-0.1, -0.05) is 24.3 Å². The molecule has 1 heterocycles. The van der Waals surface area contributed by atoms with Crippen LogP contribution in [0.2, 0.25) is 0 Å². The Balaban J connectivity index is 1.51. The Bertz CT molecular complexity index is 1290. The van der Waals surface area contributed by atoms with Gasteiger partial charge in [-0.15, -0.1) is 0 Å². The number of hydrogen-bond acceptors (Lipinski definition) is 5. The number of amides is 1. The molecule has 8 heteroatoms. The Morgan fingerprint density at radius 3 is 2.46 bits per heavy atom. The molecule has 35 heavy (non-hydrogen) atoms. The number of anilines is 1. The van der Waals surface area contributed by atoms with Gasteiger partial charge in [0.15, 0.2) is 0 Å². The smallest absolute Gasteiger partial charge is 0.264 e. The highest BCUT2D eigenvalue weighted by Gasteiger charge is 2.30. The number of likely N-dealkylation sites (tertiary alicyclic amines) is 1. The molecule has 4 rings (SSSR count). The molecule has 1 atom stereocenters. The lowest BCUT2D eigenvalue weighted by molar-refractivity contribution is 0.0736. The zero-order valence-corrected chi connectivity index (χ0v) is 21.0. The quantitative estimate of drug-likeness (QED) is 0.465. The summed E-state index contributed by atoms with van der Waals surface area (Å²) < 4.78 is 38.2. The van der Waals surface area contributed by atoms with Gasteiger partial charge in [-0.05, 0) is 73.4 Å². The third-order valence-corrected chi connectivity index (χ3v) is 8.21. The number of carbonyl (C=O) groups is 1. The van der Waals surface area contributed by atoms with Crippen LogP contribution >= 0.6 is 0 Å². The van der Waals surface area contributed by atoms with Crippen molar-refractivity contribution < 1.29 is 22.7 Å². The van der Waals surface area contributed by atoms with E-state index < -0.39 is 10.0 Å². The summed E-state index contributed by atoms with van der Waals surface area (Å²) in [5.41, 5.74) is 2.03. The van der Waals surface area contributed by atoms with Gasteiger partial charge in [-0.2, -0.15) is 0 Å². The number of ether oxygens (including phenoxy) is 2. The lowest BCUT2D eigenvalue weighted by atomic mass is 10.0. The number of para-hydroxylation sites is 2. The van der Waals surface area contributed by atoms with Crippen LogP contribution in [-0.4, -0.2) is 53.1 Å². The summed E-state index contributed by atoms with van der Waals surface area (Å²) in [6, 6.07) is 21.1. The standard InChI is InChI=1S/C27H30N2O5S/c1-28(25-11-4-5-12-26(25)34-3)35(31,32)24-15-13-21(14-16-24)27(30)29-17-7-9-22(29)18-20-8-6-10-23(19-20)33-2/h4-6,8,10-16,19,22H,7,9,17-18H2,1-3H3. The van der Waals surface area contributed by atoms with E-state index in [1.807, 2.05) is 29.2 Å². The third kappa shape index (κ3) is 5.12. The van der Waals surface area contributed by atoms with Crippen LogP contribution in [-0.2, 0) is 16.4 Å². The Kier molecular flexibility index (Phi) is 7.31. The number of methoxy groups -OCH3 is 2. The maximum Gasteiger partial charge on any atom is 0.264 e. The number of nitrogens with zero attached hydrogens (tertiary/aromatic N) is 2. The van der Waals surface area contributed by atoms with Crippen molar-refractivity contribution in [2.24, 2.45) is 0 Å². The topological polar surface area (TPSA) is 76.2 Å². The Labute approximate surface area is 206 Å². The normalized spacial score (nSPS) is 15.6. The number of hydrogen-bond donors (Lipinski definition) is 0. The van der Waals surface area contributed by atoms with Crippen LogP contribution in [0.3, 0.4) is 0 Å². The first-order chi connectivity index (χ1) is 16.8. The minimum absolute atomic E-state index is 0.0857. The molecular formula is C27H30N2O5S. The molecule has 0 N–H and O–H groups in total. The largest absolute Gasteiger partial charge is 0.497 e. The van der Waals surface area contributed by atoms with Gasteiger partial charge in [-0.3, -0.25) is 9.10 Å². The maximum absolute atomic E-state index is 13.3. The molecule has 0 aromatic heterocycles. The SMILES string of the molecule is COc1cccc(CC2CCCN2C(=O)c2ccc(S(=O)(=O)N(C)c3ccccc3OC)cc2)c1. The van der Waals surface area contributed by atoms with Gasteiger partial charge in [0.2, 0.25) is 0 Å². The monoisotopic (exact) mass is 494 g/mol. The highest BCUT2D eigenvalue weighted by Crippen LogP contribution is 2.31. The molecule has 0 saturated carbocycles. The first-order valence-corrected chi connectivity index (χ1v) is 12.9. The number of carbonyl (C=O) groups excluding carboxylic acids is 1. The average molecular weight is 495 g/mol. The van der Waals surface area contributed by atoms with Crippen molar-refractivity contribution in [2.75, 3.05) is 32.1 Å². The molecule has 184 valence electrons. The van der Waals surface area contributed by atoms with Crippen molar-refractivity contribution in [1.82, 2.24) is 4.90 Å². The predicted octanol–water partition coefficient (Wildman–Crippen LogP) is 4.38. The zero-order valence-electron chi connectivity index (χ0n) is 20.2. The zero-order chi connectivity index (χ0) is 25.0. The van der Waals surface area contributed by atoms with Crippen molar-refractivity contribution in [1.29, 1.82) is 0 Å². The molecule has 3 aromatic rings. The lowest BCUT2D eigenvalue weighted by Gasteiger charge is -2.25. The highest BCUT2D eigenvalue weighted by atomic mass is 32.2. The van der Waals surface area contributed by atoms with Gasteiger partial charge in [-0.25, -0.2) is 8.42 Å². The molecule has 1 amide bonds. The summed E-state index contributed by atoms with van der Waals surface area (Å²) >= 11 is 0. The lowest BCUT2D eigenvalue weighted by Crippen LogP contribution is -2.36. The van der Waals surface area contributed by atoms with Crippen LogP contribution < -0.4 is 13.8 Å². The Hall–Kier alpha value is -3.52. The molecule has 1 fully saturated rings. The van der Waals surface area contributed by atoms with Crippen LogP contribution in [0.25, 0.3) is 0 Å². The van der Waals surface area contributed by atoms with Gasteiger partial charge in [0.25, 0.3) is 15.9 Å². The van der Waals surface area contributed by atoms with Crippen LogP contribution in [0.4, 0.5) is 5.69 Å². The molecule has 1 unspecified atom stereocenters. The van der Waals surface area contributed by atoms with Gasteiger partial charge in [0.1, 0.15) is 11.5 Å². The number of benzene rings is 3. The Morgan fingerprint density at radius 1 is 1.00 bits per heavy atom. The van der Waals surface area contributed by atoms with E-state index in [-0.39, 0.29) is 16.8 Å². The van der Waals surface area contributed by atoms with Crippen LogP contribution in [0.1, 0.15) is 28.8 Å². The van der Waals surface area contributed by atoms with Gasteiger partial charge >= 0.3 is 0 Å². The van der Waals surface area contributed by atoms with Gasteiger partial charge in [0.05, 0.1) is 24.8 Å².